The molecule has 4 amide bonds. The number of amides is 4. The van der Waals surface area contributed by atoms with Crippen LogP contribution in [0.2, 0.25) is 0 Å². The molecule has 7 N–H and O–H groups in total. The van der Waals surface area contributed by atoms with Crippen molar-refractivity contribution in [3.63, 3.8) is 0 Å². The Balaban J connectivity index is 2.21. The summed E-state index contributed by atoms with van der Waals surface area (Å²) in [5, 5.41) is 14.7. The summed E-state index contributed by atoms with van der Waals surface area (Å²) in [7, 11) is 0. The molecule has 1 aromatic rings. The molecule has 0 saturated carbocycles. The van der Waals surface area contributed by atoms with E-state index >= 15 is 0 Å². The van der Waals surface area contributed by atoms with Crippen LogP contribution in [-0.4, -0.2) is 70.3 Å². The van der Waals surface area contributed by atoms with Gasteiger partial charge in [-0.2, -0.15) is 0 Å². The van der Waals surface area contributed by atoms with E-state index in [1.165, 1.54) is 4.90 Å². The number of benzene rings is 1. The highest BCUT2D eigenvalue weighted by atomic mass is 16.4. The van der Waals surface area contributed by atoms with Gasteiger partial charge in [-0.15, -0.1) is 0 Å². The van der Waals surface area contributed by atoms with Crippen LogP contribution in [-0.2, 0) is 30.4 Å². The van der Waals surface area contributed by atoms with E-state index in [9.17, 15) is 29.1 Å². The highest BCUT2D eigenvalue weighted by molar-refractivity contribution is 5.95. The van der Waals surface area contributed by atoms with Crippen LogP contribution in [0.25, 0.3) is 0 Å². The van der Waals surface area contributed by atoms with Crippen molar-refractivity contribution in [3.05, 3.63) is 35.9 Å². The second-order valence-corrected chi connectivity index (χ2v) is 8.79. The number of carbonyl (C=O) groups is 5. The van der Waals surface area contributed by atoms with Crippen LogP contribution in [0.3, 0.4) is 0 Å². The average Bonchev–Trinajstić information content (AvgIpc) is 3.26. The van der Waals surface area contributed by atoms with Gasteiger partial charge in [0.05, 0.1) is 12.5 Å². The van der Waals surface area contributed by atoms with Crippen molar-refractivity contribution in [1.82, 2.24) is 15.5 Å². The first kappa shape index (κ1) is 26.8. The van der Waals surface area contributed by atoms with Crippen LogP contribution in [0.5, 0.6) is 0 Å². The van der Waals surface area contributed by atoms with Crippen molar-refractivity contribution in [2.45, 2.75) is 63.7 Å². The van der Waals surface area contributed by atoms with E-state index in [1.54, 1.807) is 38.1 Å². The van der Waals surface area contributed by atoms with E-state index in [-0.39, 0.29) is 18.8 Å². The molecular weight excluding hydrogens is 442 g/mol. The first-order valence-corrected chi connectivity index (χ1v) is 11.2. The van der Waals surface area contributed by atoms with E-state index < -0.39 is 53.8 Å². The summed E-state index contributed by atoms with van der Waals surface area (Å²) in [6, 6.07) is 4.70. The predicted molar refractivity (Wildman–Crippen MR) is 123 cm³/mol. The number of nitrogens with zero attached hydrogens (tertiary/aromatic N) is 1. The fourth-order valence-corrected chi connectivity index (χ4v) is 3.88. The van der Waals surface area contributed by atoms with Gasteiger partial charge >= 0.3 is 5.97 Å². The number of carbonyl (C=O) groups excluding carboxylic acids is 4. The molecule has 11 nitrogen and oxygen atoms in total. The Morgan fingerprint density at radius 3 is 2.29 bits per heavy atom. The van der Waals surface area contributed by atoms with Crippen molar-refractivity contribution in [2.24, 2.45) is 17.4 Å². The second-order valence-electron chi connectivity index (χ2n) is 8.79. The van der Waals surface area contributed by atoms with Crippen LogP contribution < -0.4 is 22.1 Å². The molecule has 11 heteroatoms. The minimum absolute atomic E-state index is 0.113. The number of carboxylic acid groups (broad SMARTS) is 1. The number of carboxylic acids is 1. The second kappa shape index (κ2) is 12.1. The summed E-state index contributed by atoms with van der Waals surface area (Å²) >= 11 is 0. The molecule has 0 aromatic heterocycles. The number of aliphatic carboxylic acids is 1. The smallest absolute Gasteiger partial charge is 0.326 e. The standard InChI is InChI=1S/C23H33N5O6/c1-13(2)19(22(32)28-10-6-9-17(28)23(33)34)27-21(31)16(11-14-7-4-3-5-8-14)26-20(30)15(24)12-18(25)29/h3-5,7-8,13,15-17,19H,6,9-12,24H2,1-2H3,(H2,25,29)(H,26,30)(H,27,31)(H,33,34). The summed E-state index contributed by atoms with van der Waals surface area (Å²) in [6.07, 6.45) is 0.641. The van der Waals surface area contributed by atoms with Gasteiger partial charge in [-0.25, -0.2) is 4.79 Å². The first-order valence-electron chi connectivity index (χ1n) is 11.2. The van der Waals surface area contributed by atoms with Crippen molar-refractivity contribution in [3.8, 4) is 0 Å². The van der Waals surface area contributed by atoms with E-state index in [0.717, 1.165) is 5.56 Å². The lowest BCUT2D eigenvalue weighted by Gasteiger charge is -2.30. The molecule has 2 rings (SSSR count). The van der Waals surface area contributed by atoms with Gasteiger partial charge in [0, 0.05) is 13.0 Å². The molecule has 0 spiro atoms. The zero-order valence-electron chi connectivity index (χ0n) is 19.4. The number of likely N-dealkylation sites (tertiary alicyclic amines) is 1. The monoisotopic (exact) mass is 475 g/mol. The van der Waals surface area contributed by atoms with Gasteiger partial charge in [0.2, 0.25) is 23.6 Å². The van der Waals surface area contributed by atoms with E-state index in [4.69, 9.17) is 11.5 Å². The van der Waals surface area contributed by atoms with Crippen molar-refractivity contribution >= 4 is 29.6 Å². The third-order valence-electron chi connectivity index (χ3n) is 5.72. The lowest BCUT2D eigenvalue weighted by Crippen LogP contribution is -2.59. The quantitative estimate of drug-likeness (QED) is 0.275. The molecule has 4 atom stereocenters. The normalized spacial score (nSPS) is 18.1. The van der Waals surface area contributed by atoms with Gasteiger partial charge in [-0.3, -0.25) is 19.2 Å². The Kier molecular flexibility index (Phi) is 9.55. The highest BCUT2D eigenvalue weighted by Crippen LogP contribution is 2.20. The highest BCUT2D eigenvalue weighted by Gasteiger charge is 2.39. The number of nitrogens with one attached hydrogen (secondary N) is 2. The maximum absolute atomic E-state index is 13.2. The van der Waals surface area contributed by atoms with Crippen LogP contribution in [0, 0.1) is 5.92 Å². The van der Waals surface area contributed by atoms with Gasteiger partial charge in [0.15, 0.2) is 0 Å². The molecule has 0 radical (unpaired) electrons. The van der Waals surface area contributed by atoms with E-state index in [0.29, 0.717) is 19.4 Å². The topological polar surface area (TPSA) is 185 Å². The molecule has 1 aromatic carbocycles. The fourth-order valence-electron chi connectivity index (χ4n) is 3.88. The zero-order chi connectivity index (χ0) is 25.4. The Hall–Kier alpha value is -3.47. The van der Waals surface area contributed by atoms with Gasteiger partial charge in [0.1, 0.15) is 18.1 Å². The molecule has 1 saturated heterocycles. The van der Waals surface area contributed by atoms with E-state index in [1.807, 2.05) is 6.07 Å². The first-order chi connectivity index (χ1) is 16.0. The van der Waals surface area contributed by atoms with Crippen LogP contribution in [0.1, 0.15) is 38.7 Å². The Labute approximate surface area is 198 Å². The molecule has 1 heterocycles. The summed E-state index contributed by atoms with van der Waals surface area (Å²) in [5.41, 5.74) is 11.6. The molecule has 186 valence electrons. The lowest BCUT2D eigenvalue weighted by molar-refractivity contribution is -0.150. The zero-order valence-corrected chi connectivity index (χ0v) is 19.4. The molecule has 1 fully saturated rings. The molecular formula is C23H33N5O6. The SMILES string of the molecule is CC(C)C(NC(=O)C(Cc1ccccc1)NC(=O)C(N)CC(N)=O)C(=O)N1CCCC1C(=O)O. The summed E-state index contributed by atoms with van der Waals surface area (Å²) in [4.78, 5) is 62.8. The predicted octanol–water partition coefficient (Wildman–Crippen LogP) is -0.867. The number of nitrogens with two attached hydrogens (primary N) is 2. The Morgan fingerprint density at radius 1 is 1.09 bits per heavy atom. The Bertz CT molecular complexity index is 906. The number of hydrogen-bond donors (Lipinski definition) is 5. The molecule has 0 bridgehead atoms. The van der Waals surface area contributed by atoms with Crippen LogP contribution in [0.15, 0.2) is 30.3 Å². The minimum atomic E-state index is -1.23. The summed E-state index contributed by atoms with van der Waals surface area (Å²) < 4.78 is 0. The maximum atomic E-state index is 13.2. The maximum Gasteiger partial charge on any atom is 0.326 e. The van der Waals surface area contributed by atoms with Gasteiger partial charge in [-0.05, 0) is 24.3 Å². The molecule has 34 heavy (non-hydrogen) atoms. The van der Waals surface area contributed by atoms with Gasteiger partial charge in [-0.1, -0.05) is 44.2 Å². The minimum Gasteiger partial charge on any atom is -0.480 e. The lowest BCUT2D eigenvalue weighted by atomic mass is 10.00. The molecule has 0 aliphatic carbocycles. The van der Waals surface area contributed by atoms with Crippen molar-refractivity contribution in [2.75, 3.05) is 6.54 Å². The molecule has 4 unspecified atom stereocenters. The third-order valence-corrected chi connectivity index (χ3v) is 5.72. The van der Waals surface area contributed by atoms with Gasteiger partial charge in [0.25, 0.3) is 0 Å². The molecule has 1 aliphatic heterocycles. The fraction of sp³-hybridized carbons (Fsp3) is 0.522. The van der Waals surface area contributed by atoms with Crippen LogP contribution >= 0.6 is 0 Å². The van der Waals surface area contributed by atoms with Crippen LogP contribution in [0.4, 0.5) is 0 Å². The third kappa shape index (κ3) is 7.27. The molecule has 1 aliphatic rings. The van der Waals surface area contributed by atoms with Crippen molar-refractivity contribution in [1.29, 1.82) is 0 Å². The van der Waals surface area contributed by atoms with E-state index in [2.05, 4.69) is 10.6 Å². The summed E-state index contributed by atoms with van der Waals surface area (Å²) in [5.74, 6) is -4.01. The largest absolute Gasteiger partial charge is 0.480 e. The average molecular weight is 476 g/mol. The Morgan fingerprint density at radius 2 is 1.74 bits per heavy atom. The van der Waals surface area contributed by atoms with Gasteiger partial charge < -0.3 is 32.1 Å². The number of rotatable bonds is 11. The number of primary amides is 1. The number of hydrogen-bond acceptors (Lipinski definition) is 6. The van der Waals surface area contributed by atoms with Crippen molar-refractivity contribution < 1.29 is 29.1 Å². The summed E-state index contributed by atoms with van der Waals surface area (Å²) in [6.45, 7) is 3.77.